The van der Waals surface area contributed by atoms with Gasteiger partial charge in [0, 0.05) is 30.1 Å². The lowest BCUT2D eigenvalue weighted by Gasteiger charge is -2.31. The number of rotatable bonds is 6. The number of piperidine rings is 1. The number of nitro benzene ring substituents is 1. The van der Waals surface area contributed by atoms with Gasteiger partial charge < -0.3 is 9.64 Å². The van der Waals surface area contributed by atoms with Gasteiger partial charge in [0.05, 0.1) is 17.6 Å². The summed E-state index contributed by atoms with van der Waals surface area (Å²) in [5.41, 5.74) is 5.61. The lowest BCUT2D eigenvalue weighted by atomic mass is 9.95. The predicted molar refractivity (Wildman–Crippen MR) is 111 cm³/mol. The largest absolute Gasteiger partial charge is 0.496 e. The molecule has 0 saturated carbocycles. The molecule has 30 heavy (non-hydrogen) atoms. The highest BCUT2D eigenvalue weighted by Crippen LogP contribution is 2.27. The highest BCUT2D eigenvalue weighted by molar-refractivity contribution is 6.31. The summed E-state index contributed by atoms with van der Waals surface area (Å²) in [4.78, 5) is 37.5. The van der Waals surface area contributed by atoms with E-state index in [-0.39, 0.29) is 29.1 Å². The number of carbonyl (C=O) groups excluding carboxylic acids is 2. The Kier molecular flexibility index (Phi) is 6.73. The summed E-state index contributed by atoms with van der Waals surface area (Å²) in [6.07, 6.45) is 0.942. The Morgan fingerprint density at radius 2 is 1.90 bits per heavy atom. The van der Waals surface area contributed by atoms with Crippen LogP contribution in [0.25, 0.3) is 0 Å². The van der Waals surface area contributed by atoms with E-state index in [9.17, 15) is 19.7 Å². The van der Waals surface area contributed by atoms with E-state index in [2.05, 4.69) is 10.9 Å². The summed E-state index contributed by atoms with van der Waals surface area (Å²) in [7, 11) is 1.49. The first kappa shape index (κ1) is 21.4. The van der Waals surface area contributed by atoms with Crippen LogP contribution in [0.5, 0.6) is 5.75 Å². The van der Waals surface area contributed by atoms with E-state index < -0.39 is 4.92 Å². The third kappa shape index (κ3) is 4.80. The predicted octanol–water partition coefficient (Wildman–Crippen LogP) is 3.25. The zero-order valence-corrected chi connectivity index (χ0v) is 17.0. The molecule has 10 heteroatoms. The first-order valence-electron chi connectivity index (χ1n) is 9.32. The lowest BCUT2D eigenvalue weighted by Crippen LogP contribution is -2.44. The van der Waals surface area contributed by atoms with Crippen molar-refractivity contribution in [1.29, 1.82) is 0 Å². The fraction of sp³-hybridized carbons (Fsp3) is 0.300. The van der Waals surface area contributed by atoms with Gasteiger partial charge in [0.15, 0.2) is 0 Å². The molecule has 1 aliphatic rings. The minimum atomic E-state index is -0.525. The van der Waals surface area contributed by atoms with E-state index in [1.807, 2.05) is 0 Å². The molecule has 0 aromatic heterocycles. The molecular formula is C20H21ClN4O5. The van der Waals surface area contributed by atoms with E-state index in [4.69, 9.17) is 16.3 Å². The van der Waals surface area contributed by atoms with E-state index in [0.29, 0.717) is 42.3 Å². The van der Waals surface area contributed by atoms with Crippen LogP contribution in [-0.4, -0.2) is 41.8 Å². The molecule has 2 aromatic rings. The minimum absolute atomic E-state index is 0.131. The second kappa shape index (κ2) is 9.45. The summed E-state index contributed by atoms with van der Waals surface area (Å²) < 4.78 is 5.25. The van der Waals surface area contributed by atoms with Crippen molar-refractivity contribution < 1.29 is 19.2 Å². The average molecular weight is 433 g/mol. The summed E-state index contributed by atoms with van der Waals surface area (Å²) in [6.45, 7) is 0.802. The van der Waals surface area contributed by atoms with Gasteiger partial charge >= 0.3 is 0 Å². The Labute approximate surface area is 178 Å². The van der Waals surface area contributed by atoms with Gasteiger partial charge in [0.1, 0.15) is 11.4 Å². The van der Waals surface area contributed by atoms with Crippen molar-refractivity contribution in [1.82, 2.24) is 10.3 Å². The monoisotopic (exact) mass is 432 g/mol. The van der Waals surface area contributed by atoms with Gasteiger partial charge in [0.2, 0.25) is 5.91 Å². The van der Waals surface area contributed by atoms with E-state index in [1.165, 1.54) is 19.2 Å². The normalized spacial score (nSPS) is 14.1. The molecule has 2 aromatic carbocycles. The topological polar surface area (TPSA) is 114 Å². The summed E-state index contributed by atoms with van der Waals surface area (Å²) in [6, 6.07) is 10.9. The Morgan fingerprint density at radius 3 is 2.57 bits per heavy atom. The number of nitro groups is 1. The number of nitrogens with one attached hydrogen (secondary N) is 2. The zero-order valence-electron chi connectivity index (χ0n) is 16.3. The van der Waals surface area contributed by atoms with Crippen molar-refractivity contribution in [3.8, 4) is 5.75 Å². The quantitative estimate of drug-likeness (QED) is 0.535. The Balaban J connectivity index is 1.57. The molecule has 0 aliphatic carbocycles. The number of hydrogen-bond donors (Lipinski definition) is 2. The van der Waals surface area contributed by atoms with Gasteiger partial charge in [-0.1, -0.05) is 23.7 Å². The minimum Gasteiger partial charge on any atom is -0.496 e. The summed E-state index contributed by atoms with van der Waals surface area (Å²) in [5, 5.41) is 11.5. The molecule has 0 unspecified atom stereocenters. The van der Waals surface area contributed by atoms with Gasteiger partial charge in [0.25, 0.3) is 11.6 Å². The number of likely N-dealkylation sites (tertiary alicyclic amines) is 1. The second-order valence-electron chi connectivity index (χ2n) is 6.80. The molecule has 1 saturated heterocycles. The van der Waals surface area contributed by atoms with Crippen molar-refractivity contribution >= 4 is 34.8 Å². The standard InChI is InChI=1S/C20H21ClN4O5/c1-30-18-7-6-14(21)12-15(18)20(27)24-10-8-13(9-11-24)19(26)23-22-16-4-2-3-5-17(16)25(28)29/h2-7,12-13,22H,8-11H2,1H3,(H,23,26). The maximum Gasteiger partial charge on any atom is 0.294 e. The maximum absolute atomic E-state index is 12.8. The molecule has 9 nitrogen and oxygen atoms in total. The molecule has 2 amide bonds. The van der Waals surface area contributed by atoms with Crippen LogP contribution in [0, 0.1) is 16.0 Å². The third-order valence-corrected chi connectivity index (χ3v) is 5.20. The number of methoxy groups -OCH3 is 1. The molecular weight excluding hydrogens is 412 g/mol. The fourth-order valence-corrected chi connectivity index (χ4v) is 3.50. The van der Waals surface area contributed by atoms with Gasteiger partial charge in [-0.05, 0) is 37.1 Å². The van der Waals surface area contributed by atoms with Gasteiger partial charge in [-0.3, -0.25) is 30.6 Å². The Bertz CT molecular complexity index is 960. The molecule has 1 aliphatic heterocycles. The fourth-order valence-electron chi connectivity index (χ4n) is 3.33. The molecule has 2 N–H and O–H groups in total. The van der Waals surface area contributed by atoms with Crippen LogP contribution in [0.3, 0.4) is 0 Å². The van der Waals surface area contributed by atoms with Crippen LogP contribution in [-0.2, 0) is 4.79 Å². The van der Waals surface area contributed by atoms with E-state index in [1.54, 1.807) is 35.2 Å². The number of halogens is 1. The number of ether oxygens (including phenoxy) is 1. The van der Waals surface area contributed by atoms with Crippen molar-refractivity contribution in [3.63, 3.8) is 0 Å². The number of amides is 2. The number of carbonyl (C=O) groups is 2. The SMILES string of the molecule is COc1ccc(Cl)cc1C(=O)N1CCC(C(=O)NNc2ccccc2[N+](=O)[O-])CC1. The number of hydrazine groups is 1. The van der Waals surface area contributed by atoms with Crippen molar-refractivity contribution in [2.24, 2.45) is 5.92 Å². The molecule has 0 atom stereocenters. The number of para-hydroxylation sites is 2. The first-order valence-corrected chi connectivity index (χ1v) is 9.70. The molecule has 0 spiro atoms. The molecule has 158 valence electrons. The Morgan fingerprint density at radius 1 is 1.20 bits per heavy atom. The van der Waals surface area contributed by atoms with Crippen molar-refractivity contribution in [2.45, 2.75) is 12.8 Å². The average Bonchev–Trinajstić information content (AvgIpc) is 2.77. The van der Waals surface area contributed by atoms with Gasteiger partial charge in [-0.25, -0.2) is 0 Å². The van der Waals surface area contributed by atoms with Crippen LogP contribution < -0.4 is 15.6 Å². The molecule has 3 rings (SSSR count). The van der Waals surface area contributed by atoms with Crippen molar-refractivity contribution in [2.75, 3.05) is 25.6 Å². The summed E-state index contributed by atoms with van der Waals surface area (Å²) in [5.74, 6) is -0.352. The number of nitrogens with zero attached hydrogens (tertiary/aromatic N) is 2. The number of benzene rings is 2. The smallest absolute Gasteiger partial charge is 0.294 e. The third-order valence-electron chi connectivity index (χ3n) is 4.97. The van der Waals surface area contributed by atoms with Crippen molar-refractivity contribution in [3.05, 3.63) is 63.2 Å². The lowest BCUT2D eigenvalue weighted by molar-refractivity contribution is -0.384. The highest BCUT2D eigenvalue weighted by atomic mass is 35.5. The number of hydrogen-bond acceptors (Lipinski definition) is 6. The maximum atomic E-state index is 12.8. The second-order valence-corrected chi connectivity index (χ2v) is 7.24. The van der Waals surface area contributed by atoms with Crippen LogP contribution >= 0.6 is 11.6 Å². The van der Waals surface area contributed by atoms with Crippen LogP contribution in [0.1, 0.15) is 23.2 Å². The molecule has 0 radical (unpaired) electrons. The number of anilines is 1. The molecule has 1 heterocycles. The first-order chi connectivity index (χ1) is 14.4. The zero-order chi connectivity index (χ0) is 21.7. The molecule has 0 bridgehead atoms. The van der Waals surface area contributed by atoms with Gasteiger partial charge in [-0.2, -0.15) is 0 Å². The van der Waals surface area contributed by atoms with Gasteiger partial charge in [-0.15, -0.1) is 0 Å². The van der Waals surface area contributed by atoms with Crippen LogP contribution in [0.15, 0.2) is 42.5 Å². The van der Waals surface area contributed by atoms with Crippen LogP contribution in [0.2, 0.25) is 5.02 Å². The van der Waals surface area contributed by atoms with E-state index in [0.717, 1.165) is 0 Å². The molecule has 1 fully saturated rings. The van der Waals surface area contributed by atoms with Crippen LogP contribution in [0.4, 0.5) is 11.4 Å². The van der Waals surface area contributed by atoms with E-state index >= 15 is 0 Å². The highest BCUT2D eigenvalue weighted by Gasteiger charge is 2.29. The summed E-state index contributed by atoms with van der Waals surface area (Å²) >= 11 is 6.01. The Hall–Kier alpha value is -3.33.